The van der Waals surface area contributed by atoms with Crippen molar-refractivity contribution in [3.05, 3.63) is 12.7 Å². The fourth-order valence-corrected chi connectivity index (χ4v) is 0.663. The van der Waals surface area contributed by atoms with Crippen LogP contribution in [0, 0.1) is 0 Å². The Balaban J connectivity index is 3.34. The molecule has 0 aromatic rings. The minimum Gasteiger partial charge on any atom is -0.433 e. The fourth-order valence-electron chi connectivity index (χ4n) is 0.663. The Morgan fingerprint density at radius 1 is 1.54 bits per heavy atom. The highest BCUT2D eigenvalue weighted by Gasteiger charge is 2.05. The standard InChI is InChI=1S/C9H16O4/c1-4-9(10)13-8(3)12-7-6-11-5-2/h4,8H,1,5-7H2,2-3H3. The second kappa shape index (κ2) is 7.76. The van der Waals surface area contributed by atoms with Gasteiger partial charge in [0.25, 0.3) is 0 Å². The molecule has 0 spiro atoms. The summed E-state index contributed by atoms with van der Waals surface area (Å²) in [6.45, 7) is 8.40. The van der Waals surface area contributed by atoms with E-state index in [1.807, 2.05) is 6.92 Å². The van der Waals surface area contributed by atoms with Crippen LogP contribution in [0.15, 0.2) is 12.7 Å². The van der Waals surface area contributed by atoms with Gasteiger partial charge in [-0.15, -0.1) is 0 Å². The van der Waals surface area contributed by atoms with E-state index < -0.39 is 12.3 Å². The fraction of sp³-hybridized carbons (Fsp3) is 0.667. The lowest BCUT2D eigenvalue weighted by Crippen LogP contribution is -2.19. The van der Waals surface area contributed by atoms with Crippen LogP contribution in [0.4, 0.5) is 0 Å². The van der Waals surface area contributed by atoms with Gasteiger partial charge >= 0.3 is 5.97 Å². The first kappa shape index (κ1) is 12.1. The molecule has 0 amide bonds. The summed E-state index contributed by atoms with van der Waals surface area (Å²) in [5.74, 6) is -0.482. The lowest BCUT2D eigenvalue weighted by atomic mass is 10.6. The Morgan fingerprint density at radius 3 is 2.77 bits per heavy atom. The van der Waals surface area contributed by atoms with Crippen molar-refractivity contribution in [1.82, 2.24) is 0 Å². The van der Waals surface area contributed by atoms with Crippen LogP contribution in [0.1, 0.15) is 13.8 Å². The van der Waals surface area contributed by atoms with Gasteiger partial charge in [0.1, 0.15) is 0 Å². The number of carbonyl (C=O) groups is 1. The zero-order valence-corrected chi connectivity index (χ0v) is 8.12. The number of ether oxygens (including phenoxy) is 3. The largest absolute Gasteiger partial charge is 0.433 e. The Labute approximate surface area is 78.5 Å². The smallest absolute Gasteiger partial charge is 0.332 e. The first-order chi connectivity index (χ1) is 6.20. The van der Waals surface area contributed by atoms with Gasteiger partial charge in [0.2, 0.25) is 6.29 Å². The monoisotopic (exact) mass is 188 g/mol. The van der Waals surface area contributed by atoms with Gasteiger partial charge in [-0.25, -0.2) is 4.79 Å². The van der Waals surface area contributed by atoms with Crippen LogP contribution in [0.5, 0.6) is 0 Å². The summed E-state index contributed by atoms with van der Waals surface area (Å²) >= 11 is 0. The molecular weight excluding hydrogens is 172 g/mol. The SMILES string of the molecule is C=CC(=O)OC(C)OCCOCC. The molecule has 4 nitrogen and oxygen atoms in total. The van der Waals surface area contributed by atoms with Gasteiger partial charge in [-0.1, -0.05) is 6.58 Å². The maximum absolute atomic E-state index is 10.7. The van der Waals surface area contributed by atoms with E-state index in [1.165, 1.54) is 0 Å². The molecule has 0 saturated carbocycles. The normalized spacial score (nSPS) is 12.2. The lowest BCUT2D eigenvalue weighted by Gasteiger charge is -2.12. The minimum atomic E-state index is -0.550. The van der Waals surface area contributed by atoms with Crippen molar-refractivity contribution in [1.29, 1.82) is 0 Å². The predicted molar refractivity (Wildman–Crippen MR) is 48.2 cm³/mol. The van der Waals surface area contributed by atoms with Gasteiger partial charge in [0.05, 0.1) is 13.2 Å². The summed E-state index contributed by atoms with van der Waals surface area (Å²) in [5, 5.41) is 0. The summed E-state index contributed by atoms with van der Waals surface area (Å²) in [6, 6.07) is 0. The third-order valence-corrected chi connectivity index (χ3v) is 1.23. The third kappa shape index (κ3) is 7.49. The zero-order valence-electron chi connectivity index (χ0n) is 8.12. The van der Waals surface area contributed by atoms with Gasteiger partial charge < -0.3 is 14.2 Å². The van der Waals surface area contributed by atoms with E-state index in [-0.39, 0.29) is 0 Å². The van der Waals surface area contributed by atoms with E-state index in [4.69, 9.17) is 14.2 Å². The number of hydrogen-bond donors (Lipinski definition) is 0. The van der Waals surface area contributed by atoms with Crippen molar-refractivity contribution in [3.8, 4) is 0 Å². The van der Waals surface area contributed by atoms with Gasteiger partial charge in [-0.3, -0.25) is 0 Å². The second-order valence-corrected chi connectivity index (χ2v) is 2.28. The average molecular weight is 188 g/mol. The molecule has 1 unspecified atom stereocenters. The molecule has 0 fully saturated rings. The number of rotatable bonds is 7. The Hall–Kier alpha value is -0.870. The first-order valence-corrected chi connectivity index (χ1v) is 4.23. The van der Waals surface area contributed by atoms with Crippen LogP contribution in [0.2, 0.25) is 0 Å². The summed E-state index contributed by atoms with van der Waals surface area (Å²) in [5.41, 5.74) is 0. The molecule has 0 heterocycles. The van der Waals surface area contributed by atoms with Crippen LogP contribution >= 0.6 is 0 Å². The van der Waals surface area contributed by atoms with E-state index >= 15 is 0 Å². The van der Waals surface area contributed by atoms with Crippen LogP contribution in [0.25, 0.3) is 0 Å². The van der Waals surface area contributed by atoms with Crippen molar-refractivity contribution in [2.75, 3.05) is 19.8 Å². The lowest BCUT2D eigenvalue weighted by molar-refractivity contribution is -0.171. The Bertz CT molecular complexity index is 156. The van der Waals surface area contributed by atoms with E-state index in [2.05, 4.69) is 6.58 Å². The maximum atomic E-state index is 10.7. The highest BCUT2D eigenvalue weighted by atomic mass is 16.7. The van der Waals surface area contributed by atoms with Crippen molar-refractivity contribution in [2.45, 2.75) is 20.1 Å². The summed E-state index contributed by atoms with van der Waals surface area (Å²) in [4.78, 5) is 10.7. The summed E-state index contributed by atoms with van der Waals surface area (Å²) in [7, 11) is 0. The highest BCUT2D eigenvalue weighted by Crippen LogP contribution is 1.94. The summed E-state index contributed by atoms with van der Waals surface area (Å²) < 4.78 is 14.9. The predicted octanol–water partition coefficient (Wildman–Crippen LogP) is 1.11. The molecule has 0 aliphatic carbocycles. The molecule has 13 heavy (non-hydrogen) atoms. The topological polar surface area (TPSA) is 44.8 Å². The quantitative estimate of drug-likeness (QED) is 0.260. The van der Waals surface area contributed by atoms with Crippen molar-refractivity contribution < 1.29 is 19.0 Å². The van der Waals surface area contributed by atoms with Crippen molar-refractivity contribution in [2.24, 2.45) is 0 Å². The molecule has 76 valence electrons. The van der Waals surface area contributed by atoms with Crippen molar-refractivity contribution >= 4 is 5.97 Å². The van der Waals surface area contributed by atoms with Gasteiger partial charge in [0.15, 0.2) is 0 Å². The Morgan fingerprint density at radius 2 is 2.23 bits per heavy atom. The molecule has 0 aromatic carbocycles. The van der Waals surface area contributed by atoms with E-state index in [0.29, 0.717) is 19.8 Å². The molecule has 0 saturated heterocycles. The van der Waals surface area contributed by atoms with Crippen LogP contribution < -0.4 is 0 Å². The van der Waals surface area contributed by atoms with Crippen LogP contribution in [-0.2, 0) is 19.0 Å². The van der Waals surface area contributed by atoms with E-state index in [1.54, 1.807) is 6.92 Å². The van der Waals surface area contributed by atoms with Gasteiger partial charge in [0, 0.05) is 12.7 Å². The maximum Gasteiger partial charge on any atom is 0.332 e. The Kier molecular flexibility index (Phi) is 7.24. The molecule has 0 radical (unpaired) electrons. The van der Waals surface area contributed by atoms with E-state index in [0.717, 1.165) is 6.08 Å². The van der Waals surface area contributed by atoms with Gasteiger partial charge in [-0.05, 0) is 13.8 Å². The minimum absolute atomic E-state index is 0.416. The zero-order chi connectivity index (χ0) is 10.1. The molecule has 0 bridgehead atoms. The third-order valence-electron chi connectivity index (χ3n) is 1.23. The molecule has 0 rings (SSSR count). The first-order valence-electron chi connectivity index (χ1n) is 4.23. The molecule has 1 atom stereocenters. The molecule has 4 heteroatoms. The number of esters is 1. The molecule has 0 N–H and O–H groups in total. The molecular formula is C9H16O4. The molecule has 0 aromatic heterocycles. The number of hydrogen-bond acceptors (Lipinski definition) is 4. The second-order valence-electron chi connectivity index (χ2n) is 2.28. The molecule has 0 aliphatic rings. The average Bonchev–Trinajstić information content (AvgIpc) is 2.12. The summed E-state index contributed by atoms with van der Waals surface area (Å²) in [6.07, 6.45) is 0.550. The highest BCUT2D eigenvalue weighted by molar-refractivity contribution is 5.81. The molecule has 0 aliphatic heterocycles. The van der Waals surface area contributed by atoms with Crippen LogP contribution in [-0.4, -0.2) is 32.1 Å². The van der Waals surface area contributed by atoms with E-state index in [9.17, 15) is 4.79 Å². The van der Waals surface area contributed by atoms with Crippen LogP contribution in [0.3, 0.4) is 0 Å². The number of carbonyl (C=O) groups excluding carboxylic acids is 1. The van der Waals surface area contributed by atoms with Crippen molar-refractivity contribution in [3.63, 3.8) is 0 Å². The van der Waals surface area contributed by atoms with Gasteiger partial charge in [-0.2, -0.15) is 0 Å².